The van der Waals surface area contributed by atoms with Gasteiger partial charge in [-0.25, -0.2) is 13.2 Å². The average Bonchev–Trinajstić information content (AvgIpc) is 2.42. The third-order valence-corrected chi connectivity index (χ3v) is 3.94. The molecule has 0 aliphatic carbocycles. The molecule has 21 heavy (non-hydrogen) atoms. The number of carboxylic acid groups (broad SMARTS) is 1. The first kappa shape index (κ1) is 16.9. The highest BCUT2D eigenvalue weighted by atomic mass is 32.2. The highest BCUT2D eigenvalue weighted by Crippen LogP contribution is 2.17. The molecule has 0 saturated heterocycles. The number of benzene rings is 1. The zero-order valence-corrected chi connectivity index (χ0v) is 12.7. The molecule has 1 rings (SSSR count). The van der Waals surface area contributed by atoms with Gasteiger partial charge in [-0.05, 0) is 25.1 Å². The summed E-state index contributed by atoms with van der Waals surface area (Å²) in [5, 5.41) is 9.04. The summed E-state index contributed by atoms with van der Waals surface area (Å²) in [4.78, 5) is 24.6. The summed E-state index contributed by atoms with van der Waals surface area (Å²) in [6.45, 7) is 6.00. The number of carbonyl (C=O) groups excluding carboxylic acids is 1. The van der Waals surface area contributed by atoms with Crippen molar-refractivity contribution < 1.29 is 23.1 Å². The Kier molecular flexibility index (Phi) is 5.26. The third-order valence-electron chi connectivity index (χ3n) is 2.85. The van der Waals surface area contributed by atoms with Gasteiger partial charge in [-0.3, -0.25) is 4.79 Å². The van der Waals surface area contributed by atoms with E-state index in [1.807, 2.05) is 0 Å². The van der Waals surface area contributed by atoms with Gasteiger partial charge < -0.3 is 10.0 Å². The molecule has 0 heterocycles. The molecule has 7 heteroatoms. The number of sulfone groups is 1. The lowest BCUT2D eigenvalue weighted by molar-refractivity contribution is 0.0696. The molecule has 0 saturated carbocycles. The van der Waals surface area contributed by atoms with Crippen LogP contribution < -0.4 is 0 Å². The number of carbonyl (C=O) groups is 2. The zero-order valence-electron chi connectivity index (χ0n) is 11.9. The predicted molar refractivity (Wildman–Crippen MR) is 78.3 cm³/mol. The summed E-state index contributed by atoms with van der Waals surface area (Å²) in [6, 6.07) is 3.40. The topological polar surface area (TPSA) is 91.8 Å². The van der Waals surface area contributed by atoms with Crippen molar-refractivity contribution in [2.45, 2.75) is 11.8 Å². The Bertz CT molecular complexity index is 679. The Balaban J connectivity index is 3.41. The molecule has 0 atom stereocenters. The van der Waals surface area contributed by atoms with Crippen LogP contribution in [0.4, 0.5) is 0 Å². The molecule has 6 nitrogen and oxygen atoms in total. The van der Waals surface area contributed by atoms with Crippen LogP contribution in [0.5, 0.6) is 0 Å². The van der Waals surface area contributed by atoms with Gasteiger partial charge in [-0.1, -0.05) is 6.08 Å². The number of likely N-dealkylation sites (N-methyl/N-ethyl adjacent to an activating group) is 1. The molecule has 1 N–H and O–H groups in total. The molecule has 0 spiro atoms. The maximum atomic E-state index is 12.3. The number of aromatic carboxylic acids is 1. The molecule has 0 fully saturated rings. The number of hydrogen-bond donors (Lipinski definition) is 1. The van der Waals surface area contributed by atoms with Crippen LogP contribution in [0.1, 0.15) is 27.6 Å². The van der Waals surface area contributed by atoms with Gasteiger partial charge in [-0.15, -0.1) is 6.58 Å². The first-order chi connectivity index (χ1) is 9.70. The van der Waals surface area contributed by atoms with E-state index in [-0.39, 0.29) is 16.0 Å². The molecule has 0 aliphatic heterocycles. The van der Waals surface area contributed by atoms with E-state index < -0.39 is 21.7 Å². The fourth-order valence-electron chi connectivity index (χ4n) is 1.75. The average molecular weight is 311 g/mol. The summed E-state index contributed by atoms with van der Waals surface area (Å²) in [5.74, 6) is -1.73. The van der Waals surface area contributed by atoms with Crippen molar-refractivity contribution in [1.29, 1.82) is 0 Å². The second kappa shape index (κ2) is 6.53. The standard InChI is InChI=1S/C14H17NO5S/c1-4-6-15(5-2)13(16)10-7-11(14(17)18)9-12(8-10)21(3,19)20/h4,7-9H,1,5-6H2,2-3H3,(H,17,18). The van der Waals surface area contributed by atoms with Crippen molar-refractivity contribution >= 4 is 21.7 Å². The van der Waals surface area contributed by atoms with Gasteiger partial charge in [0.25, 0.3) is 5.91 Å². The van der Waals surface area contributed by atoms with Crippen molar-refractivity contribution in [3.8, 4) is 0 Å². The quantitative estimate of drug-likeness (QED) is 0.803. The maximum absolute atomic E-state index is 12.3. The van der Waals surface area contributed by atoms with Crippen molar-refractivity contribution in [3.63, 3.8) is 0 Å². The highest BCUT2D eigenvalue weighted by molar-refractivity contribution is 7.90. The molecule has 0 bridgehead atoms. The second-order valence-electron chi connectivity index (χ2n) is 4.46. The van der Waals surface area contributed by atoms with Crippen molar-refractivity contribution in [1.82, 2.24) is 4.90 Å². The van der Waals surface area contributed by atoms with Crippen LogP contribution in [-0.4, -0.2) is 49.6 Å². The van der Waals surface area contributed by atoms with Crippen LogP contribution in [-0.2, 0) is 9.84 Å². The number of amides is 1. The van der Waals surface area contributed by atoms with E-state index in [4.69, 9.17) is 5.11 Å². The van der Waals surface area contributed by atoms with Gasteiger partial charge in [0.15, 0.2) is 9.84 Å². The Morgan fingerprint density at radius 3 is 2.29 bits per heavy atom. The van der Waals surface area contributed by atoms with Crippen molar-refractivity contribution in [2.24, 2.45) is 0 Å². The first-order valence-corrected chi connectivity index (χ1v) is 8.08. The number of carboxylic acids is 1. The minimum absolute atomic E-state index is 0.0269. The summed E-state index contributed by atoms with van der Waals surface area (Å²) in [7, 11) is -3.61. The van der Waals surface area contributed by atoms with Gasteiger partial charge in [0.1, 0.15) is 0 Å². The van der Waals surface area contributed by atoms with Gasteiger partial charge in [0.05, 0.1) is 10.5 Å². The lowest BCUT2D eigenvalue weighted by atomic mass is 10.1. The Morgan fingerprint density at radius 2 is 1.86 bits per heavy atom. The molecule has 1 aromatic carbocycles. The van der Waals surface area contributed by atoms with Crippen molar-refractivity contribution in [3.05, 3.63) is 42.0 Å². The van der Waals surface area contributed by atoms with Crippen LogP contribution in [0.3, 0.4) is 0 Å². The Labute approximate surface area is 123 Å². The zero-order chi connectivity index (χ0) is 16.2. The number of nitrogens with zero attached hydrogens (tertiary/aromatic N) is 1. The van der Waals surface area contributed by atoms with Crippen LogP contribution in [0.25, 0.3) is 0 Å². The molecular formula is C14H17NO5S. The van der Waals surface area contributed by atoms with E-state index in [0.717, 1.165) is 12.3 Å². The lowest BCUT2D eigenvalue weighted by Crippen LogP contribution is -2.31. The molecule has 1 aromatic rings. The number of hydrogen-bond acceptors (Lipinski definition) is 4. The van der Waals surface area contributed by atoms with Gasteiger partial charge in [0, 0.05) is 24.9 Å². The molecule has 114 valence electrons. The highest BCUT2D eigenvalue weighted by Gasteiger charge is 2.19. The largest absolute Gasteiger partial charge is 0.478 e. The van der Waals surface area contributed by atoms with Crippen LogP contribution in [0.15, 0.2) is 35.7 Å². The van der Waals surface area contributed by atoms with E-state index in [9.17, 15) is 18.0 Å². The van der Waals surface area contributed by atoms with Gasteiger partial charge in [-0.2, -0.15) is 0 Å². The molecule has 0 unspecified atom stereocenters. The van der Waals surface area contributed by atoms with E-state index in [1.165, 1.54) is 17.0 Å². The normalized spacial score (nSPS) is 11.0. The smallest absolute Gasteiger partial charge is 0.335 e. The van der Waals surface area contributed by atoms with Crippen LogP contribution >= 0.6 is 0 Å². The van der Waals surface area contributed by atoms with Crippen LogP contribution in [0, 0.1) is 0 Å². The van der Waals surface area contributed by atoms with Crippen LogP contribution in [0.2, 0.25) is 0 Å². The van der Waals surface area contributed by atoms with Crippen molar-refractivity contribution in [2.75, 3.05) is 19.3 Å². The summed E-state index contributed by atoms with van der Waals surface area (Å²) in [6.07, 6.45) is 2.50. The molecule has 1 amide bonds. The molecule has 0 aromatic heterocycles. The first-order valence-electron chi connectivity index (χ1n) is 6.19. The number of rotatable bonds is 6. The van der Waals surface area contributed by atoms with Gasteiger partial charge in [0.2, 0.25) is 0 Å². The summed E-state index contributed by atoms with van der Waals surface area (Å²) in [5.41, 5.74) is -0.213. The summed E-state index contributed by atoms with van der Waals surface area (Å²) < 4.78 is 23.2. The monoisotopic (exact) mass is 311 g/mol. The fraction of sp³-hybridized carbons (Fsp3) is 0.286. The Hall–Kier alpha value is -2.15. The van der Waals surface area contributed by atoms with Gasteiger partial charge >= 0.3 is 5.97 Å². The minimum Gasteiger partial charge on any atom is -0.478 e. The predicted octanol–water partition coefficient (Wildman–Crippen LogP) is 1.44. The SMILES string of the molecule is C=CCN(CC)C(=O)c1cc(C(=O)O)cc(S(C)(=O)=O)c1. The lowest BCUT2D eigenvalue weighted by Gasteiger charge is -2.19. The molecule has 0 radical (unpaired) electrons. The molecular weight excluding hydrogens is 294 g/mol. The maximum Gasteiger partial charge on any atom is 0.335 e. The van der Waals surface area contributed by atoms with E-state index in [1.54, 1.807) is 13.0 Å². The van der Waals surface area contributed by atoms with E-state index in [0.29, 0.717) is 13.1 Å². The second-order valence-corrected chi connectivity index (χ2v) is 6.47. The van der Waals surface area contributed by atoms with E-state index in [2.05, 4.69) is 6.58 Å². The third kappa shape index (κ3) is 4.16. The minimum atomic E-state index is -3.61. The fourth-order valence-corrected chi connectivity index (χ4v) is 2.44. The molecule has 0 aliphatic rings. The Morgan fingerprint density at radius 1 is 1.29 bits per heavy atom. The summed E-state index contributed by atoms with van der Waals surface area (Å²) >= 11 is 0. The van der Waals surface area contributed by atoms with E-state index >= 15 is 0 Å².